The van der Waals surface area contributed by atoms with Crippen LogP contribution in [-0.2, 0) is 6.54 Å². The second-order valence-electron chi connectivity index (χ2n) is 7.13. The first-order chi connectivity index (χ1) is 13.0. The van der Waals surface area contributed by atoms with E-state index in [2.05, 4.69) is 37.9 Å². The van der Waals surface area contributed by atoms with Crippen molar-refractivity contribution in [2.24, 2.45) is 5.92 Å². The first-order valence-corrected chi connectivity index (χ1v) is 9.74. The minimum absolute atomic E-state index is 0.0427. The summed E-state index contributed by atoms with van der Waals surface area (Å²) in [6.07, 6.45) is 0. The lowest BCUT2D eigenvalue weighted by Crippen LogP contribution is -2.31. The van der Waals surface area contributed by atoms with E-state index in [-0.39, 0.29) is 17.9 Å². The van der Waals surface area contributed by atoms with E-state index in [1.165, 1.54) is 5.56 Å². The van der Waals surface area contributed by atoms with Gasteiger partial charge in [0.2, 0.25) is 0 Å². The zero-order chi connectivity index (χ0) is 19.8. The zero-order valence-electron chi connectivity index (χ0n) is 17.2. The SMILES string of the molecule is CCN(CC)Cc1ccc(C(=O)NC(c2ccc(OC)cc2)C(C)C)cc1. The maximum absolute atomic E-state index is 12.8. The molecular formula is C23H32N2O2. The molecule has 27 heavy (non-hydrogen) atoms. The van der Waals surface area contributed by atoms with Gasteiger partial charge in [-0.2, -0.15) is 0 Å². The molecule has 0 spiro atoms. The van der Waals surface area contributed by atoms with Crippen LogP contribution in [0.2, 0.25) is 0 Å². The number of benzene rings is 2. The minimum Gasteiger partial charge on any atom is -0.497 e. The van der Waals surface area contributed by atoms with Crippen molar-refractivity contribution in [2.75, 3.05) is 20.2 Å². The molecule has 2 aromatic carbocycles. The fraction of sp³-hybridized carbons (Fsp3) is 0.435. The lowest BCUT2D eigenvalue weighted by molar-refractivity contribution is 0.0925. The summed E-state index contributed by atoms with van der Waals surface area (Å²) < 4.78 is 5.22. The van der Waals surface area contributed by atoms with Crippen LogP contribution in [-0.4, -0.2) is 31.0 Å². The van der Waals surface area contributed by atoms with E-state index in [4.69, 9.17) is 4.74 Å². The summed E-state index contributed by atoms with van der Waals surface area (Å²) in [6.45, 7) is 11.5. The highest BCUT2D eigenvalue weighted by molar-refractivity contribution is 5.94. The summed E-state index contributed by atoms with van der Waals surface area (Å²) in [4.78, 5) is 15.1. The van der Waals surface area contributed by atoms with Gasteiger partial charge in [-0.05, 0) is 54.4 Å². The third-order valence-corrected chi connectivity index (χ3v) is 4.94. The van der Waals surface area contributed by atoms with Gasteiger partial charge in [-0.25, -0.2) is 0 Å². The predicted molar refractivity (Wildman–Crippen MR) is 111 cm³/mol. The third kappa shape index (κ3) is 5.83. The van der Waals surface area contributed by atoms with Gasteiger partial charge in [-0.15, -0.1) is 0 Å². The van der Waals surface area contributed by atoms with Crippen LogP contribution in [0.5, 0.6) is 5.75 Å². The molecule has 0 aliphatic heterocycles. The summed E-state index contributed by atoms with van der Waals surface area (Å²) >= 11 is 0. The average molecular weight is 369 g/mol. The number of ether oxygens (including phenoxy) is 1. The van der Waals surface area contributed by atoms with Gasteiger partial charge in [0.15, 0.2) is 0 Å². The monoisotopic (exact) mass is 368 g/mol. The van der Waals surface area contributed by atoms with E-state index in [1.807, 2.05) is 48.5 Å². The van der Waals surface area contributed by atoms with Crippen molar-refractivity contribution >= 4 is 5.91 Å². The van der Waals surface area contributed by atoms with E-state index in [1.54, 1.807) is 7.11 Å². The Morgan fingerprint density at radius 1 is 1.00 bits per heavy atom. The van der Waals surface area contributed by atoms with Crippen molar-refractivity contribution in [3.05, 3.63) is 65.2 Å². The Morgan fingerprint density at radius 2 is 1.59 bits per heavy atom. The molecule has 4 heteroatoms. The number of carbonyl (C=O) groups is 1. The average Bonchev–Trinajstić information content (AvgIpc) is 2.70. The summed E-state index contributed by atoms with van der Waals surface area (Å²) in [5.41, 5.74) is 3.00. The Hall–Kier alpha value is -2.33. The molecule has 0 aliphatic carbocycles. The molecule has 0 aliphatic rings. The molecule has 1 atom stereocenters. The van der Waals surface area contributed by atoms with Crippen LogP contribution in [0.15, 0.2) is 48.5 Å². The first-order valence-electron chi connectivity index (χ1n) is 9.74. The molecule has 2 rings (SSSR count). The normalized spacial score (nSPS) is 12.3. The van der Waals surface area contributed by atoms with Gasteiger partial charge in [0.1, 0.15) is 5.75 Å². The van der Waals surface area contributed by atoms with Gasteiger partial charge in [0, 0.05) is 12.1 Å². The van der Waals surface area contributed by atoms with Gasteiger partial charge in [0.25, 0.3) is 5.91 Å². The highest BCUT2D eigenvalue weighted by Crippen LogP contribution is 2.24. The molecule has 0 radical (unpaired) electrons. The number of carbonyl (C=O) groups excluding carboxylic acids is 1. The van der Waals surface area contributed by atoms with E-state index < -0.39 is 0 Å². The number of nitrogens with zero attached hydrogens (tertiary/aromatic N) is 1. The molecule has 4 nitrogen and oxygen atoms in total. The molecule has 0 bridgehead atoms. The Balaban J connectivity index is 2.08. The van der Waals surface area contributed by atoms with Gasteiger partial charge in [0.05, 0.1) is 13.2 Å². The van der Waals surface area contributed by atoms with Crippen molar-refractivity contribution < 1.29 is 9.53 Å². The molecular weight excluding hydrogens is 336 g/mol. The van der Waals surface area contributed by atoms with Gasteiger partial charge in [-0.3, -0.25) is 9.69 Å². The van der Waals surface area contributed by atoms with E-state index in [9.17, 15) is 4.79 Å². The largest absolute Gasteiger partial charge is 0.497 e. The smallest absolute Gasteiger partial charge is 0.251 e. The van der Waals surface area contributed by atoms with Crippen LogP contribution >= 0.6 is 0 Å². The molecule has 1 unspecified atom stereocenters. The Morgan fingerprint density at radius 3 is 2.07 bits per heavy atom. The zero-order valence-corrected chi connectivity index (χ0v) is 17.2. The molecule has 0 heterocycles. The van der Waals surface area contributed by atoms with E-state index >= 15 is 0 Å². The molecule has 0 fully saturated rings. The molecule has 0 saturated heterocycles. The second kappa shape index (κ2) is 10.1. The predicted octanol–water partition coefficient (Wildman–Crippen LogP) is 4.66. The van der Waals surface area contributed by atoms with Gasteiger partial charge < -0.3 is 10.1 Å². The number of nitrogens with one attached hydrogen (secondary N) is 1. The second-order valence-corrected chi connectivity index (χ2v) is 7.13. The Kier molecular flexibility index (Phi) is 7.86. The number of hydrogen-bond donors (Lipinski definition) is 1. The van der Waals surface area contributed by atoms with Crippen molar-refractivity contribution in [3.63, 3.8) is 0 Å². The summed E-state index contributed by atoms with van der Waals surface area (Å²) in [5.74, 6) is 1.06. The lowest BCUT2D eigenvalue weighted by Gasteiger charge is -2.23. The fourth-order valence-electron chi connectivity index (χ4n) is 3.14. The number of amides is 1. The van der Waals surface area contributed by atoms with Crippen LogP contribution in [0.1, 0.15) is 55.2 Å². The fourth-order valence-corrected chi connectivity index (χ4v) is 3.14. The van der Waals surface area contributed by atoms with E-state index in [0.717, 1.165) is 30.9 Å². The first kappa shape index (κ1) is 21.0. The van der Waals surface area contributed by atoms with Crippen LogP contribution in [0, 0.1) is 5.92 Å². The van der Waals surface area contributed by atoms with Crippen LogP contribution in [0.25, 0.3) is 0 Å². The summed E-state index contributed by atoms with van der Waals surface area (Å²) in [6, 6.07) is 15.8. The topological polar surface area (TPSA) is 41.6 Å². The van der Waals surface area contributed by atoms with Crippen molar-refractivity contribution in [3.8, 4) is 5.75 Å². The van der Waals surface area contributed by atoms with Crippen LogP contribution in [0.4, 0.5) is 0 Å². The van der Waals surface area contributed by atoms with Gasteiger partial charge in [-0.1, -0.05) is 52.0 Å². The Bertz CT molecular complexity index is 704. The lowest BCUT2D eigenvalue weighted by atomic mass is 9.95. The van der Waals surface area contributed by atoms with Crippen LogP contribution < -0.4 is 10.1 Å². The quantitative estimate of drug-likeness (QED) is 0.700. The number of hydrogen-bond acceptors (Lipinski definition) is 3. The highest BCUT2D eigenvalue weighted by Gasteiger charge is 2.19. The maximum Gasteiger partial charge on any atom is 0.251 e. The Labute approximate surface area is 163 Å². The molecule has 1 N–H and O–H groups in total. The maximum atomic E-state index is 12.8. The van der Waals surface area contributed by atoms with Crippen molar-refractivity contribution in [1.82, 2.24) is 10.2 Å². The third-order valence-electron chi connectivity index (χ3n) is 4.94. The molecule has 0 saturated carbocycles. The van der Waals surface area contributed by atoms with Crippen molar-refractivity contribution in [2.45, 2.75) is 40.3 Å². The molecule has 2 aromatic rings. The summed E-state index contributed by atoms with van der Waals surface area (Å²) in [7, 11) is 1.65. The van der Waals surface area contributed by atoms with Gasteiger partial charge >= 0.3 is 0 Å². The van der Waals surface area contributed by atoms with E-state index in [0.29, 0.717) is 5.56 Å². The highest BCUT2D eigenvalue weighted by atomic mass is 16.5. The van der Waals surface area contributed by atoms with Crippen LogP contribution in [0.3, 0.4) is 0 Å². The summed E-state index contributed by atoms with van der Waals surface area (Å²) in [5, 5.41) is 3.18. The minimum atomic E-state index is -0.0428. The van der Waals surface area contributed by atoms with Crippen molar-refractivity contribution in [1.29, 1.82) is 0 Å². The standard InChI is InChI=1S/C23H32N2O2/c1-6-25(7-2)16-18-8-10-20(11-9-18)23(26)24-22(17(3)4)19-12-14-21(27-5)15-13-19/h8-15,17,22H,6-7,16H2,1-5H3,(H,24,26). The molecule has 146 valence electrons. The molecule has 1 amide bonds. The number of methoxy groups -OCH3 is 1. The number of rotatable bonds is 9. The molecule has 0 aromatic heterocycles.